The molecule has 0 aliphatic heterocycles. The van der Waals surface area contributed by atoms with Crippen molar-refractivity contribution in [1.29, 1.82) is 0 Å². The van der Waals surface area contributed by atoms with Gasteiger partial charge in [-0.15, -0.1) is 22.7 Å². The normalized spacial score (nSPS) is 11.1. The zero-order valence-electron chi connectivity index (χ0n) is 10.3. The van der Waals surface area contributed by atoms with Crippen molar-refractivity contribution in [2.45, 2.75) is 39.0 Å². The molecule has 0 bridgehead atoms. The van der Waals surface area contributed by atoms with Gasteiger partial charge in [-0.2, -0.15) is 0 Å². The molecule has 0 radical (unpaired) electrons. The molecule has 0 N–H and O–H groups in total. The minimum absolute atomic E-state index is 1.20. The summed E-state index contributed by atoms with van der Waals surface area (Å²) in [5.41, 5.74) is 1.50. The zero-order valence-corrected chi connectivity index (χ0v) is 15.1. The Morgan fingerprint density at radius 2 is 1.83 bits per heavy atom. The third kappa shape index (κ3) is 3.92. The molecule has 2 heterocycles. The molecule has 18 heavy (non-hydrogen) atoms. The summed E-state index contributed by atoms with van der Waals surface area (Å²) < 4.78 is 2.45. The van der Waals surface area contributed by atoms with E-state index in [1.807, 2.05) is 22.7 Å². The predicted molar refractivity (Wildman–Crippen MR) is 90.9 cm³/mol. The maximum Gasteiger partial charge on any atom is 0.0708 e. The average molecular weight is 408 g/mol. The molecule has 0 spiro atoms. The predicted octanol–water partition coefficient (Wildman–Crippen LogP) is 7.12. The summed E-state index contributed by atoms with van der Waals surface area (Å²) in [6.07, 6.45) is 6.50. The van der Waals surface area contributed by atoms with Crippen LogP contribution in [0, 0.1) is 0 Å². The monoisotopic (exact) mass is 406 g/mol. The van der Waals surface area contributed by atoms with Crippen LogP contribution in [0.2, 0.25) is 0 Å². The van der Waals surface area contributed by atoms with Crippen molar-refractivity contribution >= 4 is 54.5 Å². The van der Waals surface area contributed by atoms with Gasteiger partial charge in [-0.1, -0.05) is 26.2 Å². The maximum atomic E-state index is 3.62. The molecule has 4 heteroatoms. The standard InChI is InChI=1S/C14H16Br2S2/c1-2-3-4-5-6-10-9-13(16)18-14(10)11-7-8-12(15)17-11/h7-9H,2-6H2,1H3. The summed E-state index contributed by atoms with van der Waals surface area (Å²) in [5, 5.41) is 0. The van der Waals surface area contributed by atoms with E-state index in [0.717, 1.165) is 0 Å². The Balaban J connectivity index is 2.10. The first kappa shape index (κ1) is 14.8. The van der Waals surface area contributed by atoms with Gasteiger partial charge in [-0.25, -0.2) is 0 Å². The first-order valence-corrected chi connectivity index (χ1v) is 9.46. The molecule has 0 nitrogen and oxygen atoms in total. The van der Waals surface area contributed by atoms with Crippen LogP contribution in [0.5, 0.6) is 0 Å². The van der Waals surface area contributed by atoms with E-state index in [0.29, 0.717) is 0 Å². The van der Waals surface area contributed by atoms with Crippen LogP contribution in [0.3, 0.4) is 0 Å². The Hall–Kier alpha value is 0.360. The zero-order chi connectivity index (χ0) is 13.0. The number of hydrogen-bond acceptors (Lipinski definition) is 2. The summed E-state index contributed by atoms with van der Waals surface area (Å²) in [5.74, 6) is 0. The fourth-order valence-corrected chi connectivity index (χ4v) is 5.20. The molecular formula is C14H16Br2S2. The fourth-order valence-electron chi connectivity index (χ4n) is 1.97. The summed E-state index contributed by atoms with van der Waals surface area (Å²) in [7, 11) is 0. The molecule has 2 aromatic heterocycles. The summed E-state index contributed by atoms with van der Waals surface area (Å²) in [6.45, 7) is 2.26. The minimum Gasteiger partial charge on any atom is -0.127 e. The fraction of sp³-hybridized carbons (Fsp3) is 0.429. The summed E-state index contributed by atoms with van der Waals surface area (Å²) in [4.78, 5) is 2.82. The molecule has 0 saturated carbocycles. The van der Waals surface area contributed by atoms with Crippen molar-refractivity contribution < 1.29 is 0 Å². The third-order valence-corrected chi connectivity index (χ3v) is 6.36. The molecule has 0 aliphatic rings. The SMILES string of the molecule is CCCCCCc1cc(Br)sc1-c1ccc(Br)s1. The molecule has 0 aromatic carbocycles. The van der Waals surface area contributed by atoms with Crippen LogP contribution in [0.4, 0.5) is 0 Å². The quantitative estimate of drug-likeness (QED) is 0.447. The van der Waals surface area contributed by atoms with Gasteiger partial charge in [-0.05, 0) is 68.5 Å². The molecule has 0 fully saturated rings. The van der Waals surface area contributed by atoms with Crippen molar-refractivity contribution in [3.05, 3.63) is 31.3 Å². The van der Waals surface area contributed by atoms with Gasteiger partial charge in [0.1, 0.15) is 0 Å². The Morgan fingerprint density at radius 1 is 1.00 bits per heavy atom. The molecule has 0 atom stereocenters. The molecule has 98 valence electrons. The van der Waals surface area contributed by atoms with Gasteiger partial charge in [-0.3, -0.25) is 0 Å². The Labute approximate surface area is 134 Å². The highest BCUT2D eigenvalue weighted by Gasteiger charge is 2.11. The Kier molecular flexibility index (Phi) is 5.93. The molecule has 0 unspecified atom stereocenters. The molecule has 0 aliphatic carbocycles. The third-order valence-electron chi connectivity index (χ3n) is 2.88. The smallest absolute Gasteiger partial charge is 0.0708 e. The largest absolute Gasteiger partial charge is 0.127 e. The lowest BCUT2D eigenvalue weighted by atomic mass is 10.1. The van der Waals surface area contributed by atoms with Crippen molar-refractivity contribution in [3.8, 4) is 9.75 Å². The average Bonchev–Trinajstić information content (AvgIpc) is 2.91. The van der Waals surface area contributed by atoms with E-state index in [9.17, 15) is 0 Å². The first-order valence-electron chi connectivity index (χ1n) is 6.24. The van der Waals surface area contributed by atoms with Crippen LogP contribution in [-0.2, 0) is 6.42 Å². The lowest BCUT2D eigenvalue weighted by Gasteiger charge is -2.01. The second-order valence-corrected chi connectivity index (χ2v) is 9.21. The van der Waals surface area contributed by atoms with Gasteiger partial charge >= 0.3 is 0 Å². The van der Waals surface area contributed by atoms with E-state index in [1.54, 1.807) is 0 Å². The van der Waals surface area contributed by atoms with E-state index < -0.39 is 0 Å². The minimum atomic E-state index is 1.20. The van der Waals surface area contributed by atoms with Crippen LogP contribution in [0.25, 0.3) is 9.75 Å². The molecule has 0 amide bonds. The van der Waals surface area contributed by atoms with Gasteiger partial charge < -0.3 is 0 Å². The summed E-state index contributed by atoms with van der Waals surface area (Å²) >= 11 is 10.8. The summed E-state index contributed by atoms with van der Waals surface area (Å²) in [6, 6.07) is 6.64. The van der Waals surface area contributed by atoms with Crippen LogP contribution in [0.1, 0.15) is 38.2 Å². The van der Waals surface area contributed by atoms with Gasteiger partial charge in [0, 0.05) is 9.75 Å². The maximum absolute atomic E-state index is 3.62. The molecule has 0 saturated heterocycles. The van der Waals surface area contributed by atoms with Gasteiger partial charge in [0.15, 0.2) is 0 Å². The second kappa shape index (κ2) is 7.22. The number of halogens is 2. The van der Waals surface area contributed by atoms with Crippen LogP contribution in [-0.4, -0.2) is 0 Å². The molecule has 2 aromatic rings. The van der Waals surface area contributed by atoms with Crippen LogP contribution >= 0.6 is 54.5 Å². The van der Waals surface area contributed by atoms with Crippen molar-refractivity contribution in [2.24, 2.45) is 0 Å². The highest BCUT2D eigenvalue weighted by molar-refractivity contribution is 9.11. The van der Waals surface area contributed by atoms with E-state index in [4.69, 9.17) is 0 Å². The van der Waals surface area contributed by atoms with E-state index >= 15 is 0 Å². The van der Waals surface area contributed by atoms with Crippen molar-refractivity contribution in [1.82, 2.24) is 0 Å². The molecule has 2 rings (SSSR count). The number of thiophene rings is 2. The number of unbranched alkanes of at least 4 members (excludes halogenated alkanes) is 3. The van der Waals surface area contributed by atoms with E-state index in [2.05, 4.69) is 57.0 Å². The lowest BCUT2D eigenvalue weighted by molar-refractivity contribution is 0.668. The highest BCUT2D eigenvalue weighted by Crippen LogP contribution is 2.40. The van der Waals surface area contributed by atoms with Crippen LogP contribution in [0.15, 0.2) is 25.8 Å². The number of aryl methyl sites for hydroxylation is 1. The van der Waals surface area contributed by atoms with E-state index in [-0.39, 0.29) is 0 Å². The number of hydrogen-bond donors (Lipinski definition) is 0. The van der Waals surface area contributed by atoms with Gasteiger partial charge in [0.2, 0.25) is 0 Å². The molecular weight excluding hydrogens is 392 g/mol. The second-order valence-electron chi connectivity index (χ2n) is 4.32. The van der Waals surface area contributed by atoms with Crippen LogP contribution < -0.4 is 0 Å². The lowest BCUT2D eigenvalue weighted by Crippen LogP contribution is -1.85. The topological polar surface area (TPSA) is 0 Å². The van der Waals surface area contributed by atoms with Crippen molar-refractivity contribution in [3.63, 3.8) is 0 Å². The Morgan fingerprint density at radius 3 is 2.50 bits per heavy atom. The van der Waals surface area contributed by atoms with Crippen molar-refractivity contribution in [2.75, 3.05) is 0 Å². The van der Waals surface area contributed by atoms with Gasteiger partial charge in [0.05, 0.1) is 7.57 Å². The number of rotatable bonds is 6. The first-order chi connectivity index (χ1) is 8.70. The van der Waals surface area contributed by atoms with E-state index in [1.165, 1.54) is 55.0 Å². The highest BCUT2D eigenvalue weighted by atomic mass is 79.9. The van der Waals surface area contributed by atoms with Gasteiger partial charge in [0.25, 0.3) is 0 Å². The Bertz CT molecular complexity index is 500.